The molecule has 3 heterocycles. The van der Waals surface area contributed by atoms with Gasteiger partial charge in [-0.2, -0.15) is 0 Å². The molecule has 4 rings (SSSR count). The number of ether oxygens (including phenoxy) is 1. The normalized spacial score (nSPS) is 19.1. The third kappa shape index (κ3) is 4.32. The molecular formula is C24H29FN4O3. The van der Waals surface area contributed by atoms with E-state index in [4.69, 9.17) is 4.74 Å². The van der Waals surface area contributed by atoms with Crippen LogP contribution in [0.2, 0.25) is 0 Å². The summed E-state index contributed by atoms with van der Waals surface area (Å²) in [6.07, 6.45) is 2.93. The number of halogens is 1. The number of rotatable bonds is 5. The van der Waals surface area contributed by atoms with Gasteiger partial charge < -0.3 is 19.4 Å². The Balaban J connectivity index is 1.44. The van der Waals surface area contributed by atoms with E-state index in [1.807, 2.05) is 20.0 Å². The Morgan fingerprint density at radius 1 is 1.19 bits per heavy atom. The molecule has 2 aliphatic heterocycles. The summed E-state index contributed by atoms with van der Waals surface area (Å²) in [5, 5.41) is 0. The van der Waals surface area contributed by atoms with E-state index in [2.05, 4.69) is 16.0 Å². The van der Waals surface area contributed by atoms with Crippen molar-refractivity contribution in [3.63, 3.8) is 0 Å². The van der Waals surface area contributed by atoms with E-state index in [9.17, 15) is 14.0 Å². The average Bonchev–Trinajstić information content (AvgIpc) is 3.14. The number of anilines is 2. The lowest BCUT2D eigenvalue weighted by molar-refractivity contribution is -0.117. The molecule has 2 amide bonds. The van der Waals surface area contributed by atoms with Gasteiger partial charge in [-0.05, 0) is 49.6 Å². The number of aromatic nitrogens is 1. The van der Waals surface area contributed by atoms with Crippen molar-refractivity contribution in [1.82, 2.24) is 9.88 Å². The van der Waals surface area contributed by atoms with E-state index in [-0.39, 0.29) is 23.4 Å². The van der Waals surface area contributed by atoms with Crippen LogP contribution in [0, 0.1) is 19.7 Å². The lowest BCUT2D eigenvalue weighted by atomic mass is 10.1. The van der Waals surface area contributed by atoms with Gasteiger partial charge in [0.1, 0.15) is 11.6 Å². The molecule has 1 atom stereocenters. The van der Waals surface area contributed by atoms with E-state index in [1.165, 1.54) is 12.1 Å². The monoisotopic (exact) mass is 440 g/mol. The molecule has 170 valence electrons. The first-order valence-corrected chi connectivity index (χ1v) is 11.0. The van der Waals surface area contributed by atoms with Crippen LogP contribution in [0.3, 0.4) is 0 Å². The highest BCUT2D eigenvalue weighted by Crippen LogP contribution is 2.29. The second-order valence-electron chi connectivity index (χ2n) is 8.51. The Hall–Kier alpha value is -3.00. The number of carbonyl (C=O) groups is 2. The molecule has 0 bridgehead atoms. The van der Waals surface area contributed by atoms with Gasteiger partial charge >= 0.3 is 0 Å². The first-order chi connectivity index (χ1) is 15.4. The van der Waals surface area contributed by atoms with E-state index in [0.717, 1.165) is 16.9 Å². The molecule has 7 nitrogen and oxygen atoms in total. The SMILES string of the molecule is COC[C@@H]1CCC(=O)N1c1ccc(C(=O)N2CCN(c3ncc(C)cc3C)CC2)c(F)c1. The minimum atomic E-state index is -0.609. The van der Waals surface area contributed by atoms with Gasteiger partial charge in [0.15, 0.2) is 0 Å². The molecule has 32 heavy (non-hydrogen) atoms. The van der Waals surface area contributed by atoms with Crippen molar-refractivity contribution >= 4 is 23.3 Å². The summed E-state index contributed by atoms with van der Waals surface area (Å²) in [6.45, 7) is 6.72. The molecular weight excluding hydrogens is 411 g/mol. The first kappa shape index (κ1) is 22.2. The Morgan fingerprint density at radius 2 is 1.94 bits per heavy atom. The lowest BCUT2D eigenvalue weighted by Crippen LogP contribution is -2.49. The fourth-order valence-corrected chi connectivity index (χ4v) is 4.61. The van der Waals surface area contributed by atoms with Gasteiger partial charge in [-0.15, -0.1) is 0 Å². The number of methoxy groups -OCH3 is 1. The van der Waals surface area contributed by atoms with Gasteiger partial charge in [0.2, 0.25) is 5.91 Å². The van der Waals surface area contributed by atoms with E-state index in [0.29, 0.717) is 51.3 Å². The highest BCUT2D eigenvalue weighted by Gasteiger charge is 2.33. The molecule has 8 heteroatoms. The molecule has 0 saturated carbocycles. The second kappa shape index (κ2) is 9.24. The van der Waals surface area contributed by atoms with Crippen molar-refractivity contribution < 1.29 is 18.7 Å². The van der Waals surface area contributed by atoms with Crippen LogP contribution in [-0.4, -0.2) is 67.6 Å². The van der Waals surface area contributed by atoms with Crippen molar-refractivity contribution in [2.75, 3.05) is 49.7 Å². The standard InChI is InChI=1S/C24H29FN4O3/c1-16-12-17(2)23(26-14-16)27-8-10-28(11-9-27)24(31)20-6-4-18(13-21(20)25)29-19(15-32-3)5-7-22(29)30/h4,6,12-14,19H,5,7-11,15H2,1-3H3/t19-/m0/s1. The van der Waals surface area contributed by atoms with Crippen LogP contribution in [0.15, 0.2) is 30.5 Å². The van der Waals surface area contributed by atoms with Gasteiger partial charge in [0, 0.05) is 51.6 Å². The minimum Gasteiger partial charge on any atom is -0.383 e. The average molecular weight is 441 g/mol. The highest BCUT2D eigenvalue weighted by molar-refractivity contribution is 5.98. The summed E-state index contributed by atoms with van der Waals surface area (Å²) in [7, 11) is 1.58. The minimum absolute atomic E-state index is 0.0294. The molecule has 0 N–H and O–H groups in total. The smallest absolute Gasteiger partial charge is 0.256 e. The Morgan fingerprint density at radius 3 is 2.59 bits per heavy atom. The number of amides is 2. The molecule has 0 unspecified atom stereocenters. The first-order valence-electron chi connectivity index (χ1n) is 11.0. The number of nitrogens with zero attached hydrogens (tertiary/aromatic N) is 4. The van der Waals surface area contributed by atoms with E-state index >= 15 is 0 Å². The molecule has 1 aromatic carbocycles. The summed E-state index contributed by atoms with van der Waals surface area (Å²) in [5.41, 5.74) is 2.72. The Bertz CT molecular complexity index is 1020. The number of hydrogen-bond acceptors (Lipinski definition) is 5. The maximum absolute atomic E-state index is 14.9. The summed E-state index contributed by atoms with van der Waals surface area (Å²) in [6, 6.07) is 6.41. The van der Waals surface area contributed by atoms with Crippen LogP contribution in [0.1, 0.15) is 34.3 Å². The number of benzene rings is 1. The van der Waals surface area contributed by atoms with Crippen LogP contribution >= 0.6 is 0 Å². The number of piperazine rings is 1. The van der Waals surface area contributed by atoms with Gasteiger partial charge in [-0.25, -0.2) is 9.37 Å². The molecule has 1 aromatic heterocycles. The van der Waals surface area contributed by atoms with Crippen molar-refractivity contribution in [1.29, 1.82) is 0 Å². The van der Waals surface area contributed by atoms with Gasteiger partial charge in [-0.3, -0.25) is 9.59 Å². The van der Waals surface area contributed by atoms with Crippen molar-refractivity contribution in [2.45, 2.75) is 32.7 Å². The maximum atomic E-state index is 14.9. The predicted molar refractivity (Wildman–Crippen MR) is 121 cm³/mol. The van der Waals surface area contributed by atoms with Crippen LogP contribution in [0.4, 0.5) is 15.9 Å². The number of aryl methyl sites for hydroxylation is 2. The number of hydrogen-bond donors (Lipinski definition) is 0. The topological polar surface area (TPSA) is 66.0 Å². The summed E-state index contributed by atoms with van der Waals surface area (Å²) >= 11 is 0. The molecule has 2 fully saturated rings. The molecule has 0 aliphatic carbocycles. The predicted octanol–water partition coefficient (Wildman–Crippen LogP) is 2.94. The van der Waals surface area contributed by atoms with Crippen molar-refractivity contribution in [2.24, 2.45) is 0 Å². The van der Waals surface area contributed by atoms with E-state index in [1.54, 1.807) is 23.0 Å². The third-order valence-electron chi connectivity index (χ3n) is 6.20. The van der Waals surface area contributed by atoms with Gasteiger partial charge in [0.25, 0.3) is 5.91 Å². The lowest BCUT2D eigenvalue weighted by Gasteiger charge is -2.36. The zero-order chi connectivity index (χ0) is 22.8. The molecule has 0 radical (unpaired) electrons. The van der Waals surface area contributed by atoms with Crippen LogP contribution in [-0.2, 0) is 9.53 Å². The zero-order valence-corrected chi connectivity index (χ0v) is 18.8. The fourth-order valence-electron chi connectivity index (χ4n) is 4.61. The Labute approximate surface area is 187 Å². The van der Waals surface area contributed by atoms with Crippen LogP contribution in [0.25, 0.3) is 0 Å². The summed E-state index contributed by atoms with van der Waals surface area (Å²) in [5.74, 6) is -0.0638. The van der Waals surface area contributed by atoms with Gasteiger partial charge in [0.05, 0.1) is 18.2 Å². The van der Waals surface area contributed by atoms with Crippen molar-refractivity contribution in [3.05, 3.63) is 53.0 Å². The quantitative estimate of drug-likeness (QED) is 0.715. The van der Waals surface area contributed by atoms with Crippen LogP contribution in [0.5, 0.6) is 0 Å². The van der Waals surface area contributed by atoms with Crippen molar-refractivity contribution in [3.8, 4) is 0 Å². The molecule has 0 spiro atoms. The molecule has 2 aromatic rings. The van der Waals surface area contributed by atoms with Crippen LogP contribution < -0.4 is 9.80 Å². The summed E-state index contributed by atoms with van der Waals surface area (Å²) in [4.78, 5) is 35.2. The largest absolute Gasteiger partial charge is 0.383 e. The van der Waals surface area contributed by atoms with E-state index < -0.39 is 5.82 Å². The molecule has 2 saturated heterocycles. The fraction of sp³-hybridized carbons (Fsp3) is 0.458. The third-order valence-corrected chi connectivity index (χ3v) is 6.20. The zero-order valence-electron chi connectivity index (χ0n) is 18.8. The number of carbonyl (C=O) groups excluding carboxylic acids is 2. The van der Waals surface area contributed by atoms with Gasteiger partial charge in [-0.1, -0.05) is 6.07 Å². The Kier molecular flexibility index (Phi) is 6.41. The second-order valence-corrected chi connectivity index (χ2v) is 8.51. The highest BCUT2D eigenvalue weighted by atomic mass is 19.1. The number of pyridine rings is 1. The molecule has 2 aliphatic rings. The maximum Gasteiger partial charge on any atom is 0.256 e. The summed E-state index contributed by atoms with van der Waals surface area (Å²) < 4.78 is 20.1.